The maximum Gasteiger partial charge on any atom is 0.416 e. The summed E-state index contributed by atoms with van der Waals surface area (Å²) in [6.45, 7) is 5.10. The molecule has 1 saturated heterocycles. The Balaban J connectivity index is 1.75. The van der Waals surface area contributed by atoms with E-state index in [0.717, 1.165) is 40.6 Å². The maximum absolute atomic E-state index is 13.4. The van der Waals surface area contributed by atoms with Gasteiger partial charge in [-0.15, -0.1) is 0 Å². The number of aliphatic imine (C=N–C) groups is 1. The van der Waals surface area contributed by atoms with Gasteiger partial charge in [0.15, 0.2) is 5.17 Å². The Labute approximate surface area is 203 Å². The van der Waals surface area contributed by atoms with E-state index in [9.17, 15) is 18.0 Å². The highest BCUT2D eigenvalue weighted by molar-refractivity contribution is 8.19. The van der Waals surface area contributed by atoms with Gasteiger partial charge in [-0.3, -0.25) is 9.69 Å². The van der Waals surface area contributed by atoms with Gasteiger partial charge in [0.05, 0.1) is 16.9 Å². The molecule has 174 valence electrons. The second kappa shape index (κ2) is 9.64. The van der Waals surface area contributed by atoms with Crippen LogP contribution in [0.3, 0.4) is 0 Å². The highest BCUT2D eigenvalue weighted by Gasteiger charge is 2.39. The zero-order valence-electron chi connectivity index (χ0n) is 17.9. The number of carbonyl (C=O) groups excluding carboxylic acids is 1. The number of amides is 1. The number of hydrogen-bond donors (Lipinski definition) is 0. The number of halogens is 4. The van der Waals surface area contributed by atoms with Gasteiger partial charge < -0.3 is 4.90 Å². The second-order valence-corrected chi connectivity index (χ2v) is 9.89. The summed E-state index contributed by atoms with van der Waals surface area (Å²) in [4.78, 5) is 23.0. The molecule has 2 aliphatic heterocycles. The fourth-order valence-electron chi connectivity index (χ4n) is 3.53. The SMILES string of the molecule is CCCCN1C(=O)C(=C2Sc3ccc(Cl)cc3N2CC)SC1=Nc1cccc(C(F)(F)F)c1. The van der Waals surface area contributed by atoms with Crippen LogP contribution in [0.4, 0.5) is 24.5 Å². The molecule has 0 aromatic heterocycles. The predicted molar refractivity (Wildman–Crippen MR) is 130 cm³/mol. The molecule has 0 radical (unpaired) electrons. The van der Waals surface area contributed by atoms with Gasteiger partial charge in [-0.25, -0.2) is 4.99 Å². The number of unbranched alkanes of at least 4 members (excludes halogenated alkanes) is 1. The van der Waals surface area contributed by atoms with E-state index in [2.05, 4.69) is 4.99 Å². The number of carbonyl (C=O) groups is 1. The van der Waals surface area contributed by atoms with Crippen LogP contribution in [0.5, 0.6) is 0 Å². The summed E-state index contributed by atoms with van der Waals surface area (Å²) in [5, 5.41) is 1.79. The smallest absolute Gasteiger partial charge is 0.334 e. The average molecular weight is 512 g/mol. The summed E-state index contributed by atoms with van der Waals surface area (Å²) in [6, 6.07) is 10.5. The van der Waals surface area contributed by atoms with Gasteiger partial charge >= 0.3 is 6.18 Å². The van der Waals surface area contributed by atoms with Crippen LogP contribution >= 0.6 is 35.1 Å². The molecule has 33 heavy (non-hydrogen) atoms. The van der Waals surface area contributed by atoms with Crippen LogP contribution in [0.25, 0.3) is 0 Å². The molecule has 0 N–H and O–H groups in total. The van der Waals surface area contributed by atoms with Gasteiger partial charge in [-0.1, -0.05) is 42.8 Å². The number of thioether (sulfide) groups is 2. The number of amidine groups is 1. The van der Waals surface area contributed by atoms with Gasteiger partial charge in [0.1, 0.15) is 9.93 Å². The standard InChI is InChI=1S/C23H21ClF3N3OS2/c1-3-5-11-30-20(31)19(21-29(4-2)17-13-15(24)9-10-18(17)32-21)33-22(30)28-16-8-6-7-14(12-16)23(25,26)27/h6-10,12-13H,3-5,11H2,1-2H3. The van der Waals surface area contributed by atoms with E-state index in [0.29, 0.717) is 28.2 Å². The van der Waals surface area contributed by atoms with Crippen molar-refractivity contribution < 1.29 is 18.0 Å². The van der Waals surface area contributed by atoms with Crippen molar-refractivity contribution in [3.8, 4) is 0 Å². The lowest BCUT2D eigenvalue weighted by Crippen LogP contribution is -2.30. The second-order valence-electron chi connectivity index (χ2n) is 7.45. The summed E-state index contributed by atoms with van der Waals surface area (Å²) in [7, 11) is 0. The largest absolute Gasteiger partial charge is 0.416 e. The summed E-state index contributed by atoms with van der Waals surface area (Å²) < 4.78 is 39.5. The van der Waals surface area contributed by atoms with E-state index in [-0.39, 0.29) is 11.6 Å². The summed E-state index contributed by atoms with van der Waals surface area (Å²) in [6.07, 6.45) is -2.83. The van der Waals surface area contributed by atoms with Gasteiger partial charge in [0.2, 0.25) is 0 Å². The van der Waals surface area contributed by atoms with E-state index < -0.39 is 11.7 Å². The maximum atomic E-state index is 13.4. The zero-order valence-corrected chi connectivity index (χ0v) is 20.3. The van der Waals surface area contributed by atoms with E-state index in [1.54, 1.807) is 4.90 Å². The van der Waals surface area contributed by atoms with Crippen LogP contribution in [0.1, 0.15) is 32.3 Å². The molecule has 4 rings (SSSR count). The van der Waals surface area contributed by atoms with E-state index in [4.69, 9.17) is 11.6 Å². The normalized spacial score (nSPS) is 19.7. The van der Waals surface area contributed by atoms with Gasteiger partial charge in [-0.2, -0.15) is 13.2 Å². The predicted octanol–water partition coefficient (Wildman–Crippen LogP) is 7.52. The lowest BCUT2D eigenvalue weighted by atomic mass is 10.2. The number of fused-ring (bicyclic) bond motifs is 1. The molecule has 0 unspecified atom stereocenters. The van der Waals surface area contributed by atoms with E-state index >= 15 is 0 Å². The molecule has 10 heteroatoms. The van der Waals surface area contributed by atoms with Crippen molar-refractivity contribution in [2.24, 2.45) is 4.99 Å². The van der Waals surface area contributed by atoms with Crippen molar-refractivity contribution in [3.63, 3.8) is 0 Å². The van der Waals surface area contributed by atoms with Crippen molar-refractivity contribution in [1.29, 1.82) is 0 Å². The van der Waals surface area contributed by atoms with Crippen LogP contribution in [-0.2, 0) is 11.0 Å². The van der Waals surface area contributed by atoms with Gasteiger partial charge in [0, 0.05) is 23.0 Å². The topological polar surface area (TPSA) is 35.9 Å². The fraction of sp³-hybridized carbons (Fsp3) is 0.304. The van der Waals surface area contributed by atoms with Crippen LogP contribution in [0, 0.1) is 0 Å². The third kappa shape index (κ3) is 4.90. The minimum Gasteiger partial charge on any atom is -0.334 e. The molecule has 0 atom stereocenters. The Bertz CT molecular complexity index is 1150. The lowest BCUT2D eigenvalue weighted by molar-refractivity contribution is -0.137. The van der Waals surface area contributed by atoms with Crippen molar-refractivity contribution in [1.82, 2.24) is 4.90 Å². The molecule has 1 fully saturated rings. The highest BCUT2D eigenvalue weighted by atomic mass is 35.5. The van der Waals surface area contributed by atoms with Gasteiger partial charge in [0.25, 0.3) is 5.91 Å². The molecule has 2 aromatic rings. The fourth-order valence-corrected chi connectivity index (χ4v) is 6.10. The summed E-state index contributed by atoms with van der Waals surface area (Å²) in [5.74, 6) is -0.181. The van der Waals surface area contributed by atoms with Crippen molar-refractivity contribution in [2.45, 2.75) is 37.8 Å². The third-order valence-corrected chi connectivity index (χ3v) is 7.78. The molecular formula is C23H21ClF3N3OS2. The average Bonchev–Trinajstić information content (AvgIpc) is 3.28. The molecule has 1 amide bonds. The Kier molecular flexibility index (Phi) is 7.02. The van der Waals surface area contributed by atoms with E-state index in [1.807, 2.05) is 36.9 Å². The minimum atomic E-state index is -4.46. The summed E-state index contributed by atoms with van der Waals surface area (Å²) >= 11 is 8.89. The monoisotopic (exact) mass is 511 g/mol. The Morgan fingerprint density at radius 1 is 1.06 bits per heavy atom. The first kappa shape index (κ1) is 24.0. The Morgan fingerprint density at radius 3 is 2.55 bits per heavy atom. The first-order valence-electron chi connectivity index (χ1n) is 10.5. The van der Waals surface area contributed by atoms with Crippen LogP contribution in [0.15, 0.2) is 62.3 Å². The number of anilines is 1. The molecule has 2 aromatic carbocycles. The summed E-state index contributed by atoms with van der Waals surface area (Å²) in [5.41, 5.74) is 0.330. The number of hydrogen-bond acceptors (Lipinski definition) is 5. The molecule has 2 heterocycles. The minimum absolute atomic E-state index is 0.161. The lowest BCUT2D eigenvalue weighted by Gasteiger charge is -2.19. The molecule has 0 saturated carbocycles. The first-order valence-corrected chi connectivity index (χ1v) is 12.5. The first-order chi connectivity index (χ1) is 15.7. The molecule has 0 spiro atoms. The molecular weight excluding hydrogens is 491 g/mol. The van der Waals surface area contributed by atoms with Crippen LogP contribution in [-0.4, -0.2) is 29.1 Å². The number of rotatable bonds is 5. The molecule has 0 aliphatic carbocycles. The molecule has 2 aliphatic rings. The Morgan fingerprint density at radius 2 is 1.85 bits per heavy atom. The Hall–Kier alpha value is -2.10. The van der Waals surface area contributed by atoms with Crippen LogP contribution < -0.4 is 4.90 Å². The highest BCUT2D eigenvalue weighted by Crippen LogP contribution is 2.51. The van der Waals surface area contributed by atoms with Crippen molar-refractivity contribution >= 4 is 57.6 Å². The van der Waals surface area contributed by atoms with Crippen LogP contribution in [0.2, 0.25) is 5.02 Å². The van der Waals surface area contributed by atoms with Gasteiger partial charge in [-0.05, 0) is 61.5 Å². The zero-order chi connectivity index (χ0) is 23.8. The third-order valence-electron chi connectivity index (χ3n) is 5.17. The molecule has 4 nitrogen and oxygen atoms in total. The quantitative estimate of drug-likeness (QED) is 0.389. The number of alkyl halides is 3. The molecule has 0 bridgehead atoms. The van der Waals surface area contributed by atoms with Crippen molar-refractivity contribution in [2.75, 3.05) is 18.0 Å². The van der Waals surface area contributed by atoms with Crippen molar-refractivity contribution in [3.05, 3.63) is 63.0 Å². The number of nitrogens with zero attached hydrogens (tertiary/aromatic N) is 3. The van der Waals surface area contributed by atoms with E-state index in [1.165, 1.54) is 35.7 Å². The number of benzene rings is 2.